The molecule has 14 heavy (non-hydrogen) atoms. The molecular weight excluding hydrogens is 178 g/mol. The lowest BCUT2D eigenvalue weighted by atomic mass is 10.1. The van der Waals surface area contributed by atoms with Crippen LogP contribution in [0.2, 0.25) is 0 Å². The number of hydrogen-bond donors (Lipinski definition) is 1. The first-order valence-electron chi connectivity index (χ1n) is 3.96. The molecule has 1 amide bonds. The molecule has 0 aliphatic carbocycles. The van der Waals surface area contributed by atoms with Crippen LogP contribution in [0.25, 0.3) is 5.52 Å². The number of carbonyl (C=O) groups is 1. The van der Waals surface area contributed by atoms with Crippen molar-refractivity contribution in [2.24, 2.45) is 5.73 Å². The Balaban J connectivity index is 2.82. The van der Waals surface area contributed by atoms with E-state index in [4.69, 9.17) is 12.2 Å². The molecule has 2 N–H and O–H groups in total. The smallest absolute Gasteiger partial charge is 0.250 e. The minimum Gasteiger partial charge on any atom is -0.366 e. The van der Waals surface area contributed by atoms with E-state index < -0.39 is 5.91 Å². The van der Waals surface area contributed by atoms with Crippen LogP contribution < -0.4 is 5.73 Å². The van der Waals surface area contributed by atoms with Gasteiger partial charge in [-0.1, -0.05) is 5.92 Å². The zero-order valence-electron chi connectivity index (χ0n) is 7.27. The minimum absolute atomic E-state index is 0.356. The van der Waals surface area contributed by atoms with Gasteiger partial charge in [-0.25, -0.2) is 4.52 Å². The molecule has 0 radical (unpaired) electrons. The highest BCUT2D eigenvalue weighted by Crippen LogP contribution is 2.11. The molecule has 4 heteroatoms. The number of nitrogens with zero attached hydrogens (tertiary/aromatic N) is 2. The number of terminal acetylenes is 1. The van der Waals surface area contributed by atoms with Crippen LogP contribution in [0, 0.1) is 12.3 Å². The largest absolute Gasteiger partial charge is 0.366 e. The van der Waals surface area contributed by atoms with Crippen molar-refractivity contribution in [3.8, 4) is 12.3 Å². The first kappa shape index (κ1) is 8.32. The van der Waals surface area contributed by atoms with Crippen molar-refractivity contribution in [1.82, 2.24) is 9.61 Å². The van der Waals surface area contributed by atoms with E-state index in [0.717, 1.165) is 5.52 Å². The zero-order chi connectivity index (χ0) is 10.1. The molecule has 0 spiro atoms. The molecule has 0 aliphatic rings. The van der Waals surface area contributed by atoms with Gasteiger partial charge in [0.15, 0.2) is 0 Å². The number of primary amides is 1. The van der Waals surface area contributed by atoms with Gasteiger partial charge in [0.2, 0.25) is 5.91 Å². The van der Waals surface area contributed by atoms with Crippen molar-refractivity contribution in [1.29, 1.82) is 0 Å². The third-order valence-electron chi connectivity index (χ3n) is 1.95. The molecule has 4 nitrogen and oxygen atoms in total. The summed E-state index contributed by atoms with van der Waals surface area (Å²) in [5, 5.41) is 3.98. The molecule has 0 saturated carbocycles. The van der Waals surface area contributed by atoms with Crippen LogP contribution in [0.15, 0.2) is 24.5 Å². The Morgan fingerprint density at radius 3 is 3.07 bits per heavy atom. The summed E-state index contributed by atoms with van der Waals surface area (Å²) in [5.74, 6) is 1.97. The highest BCUT2D eigenvalue weighted by Gasteiger charge is 2.06. The van der Waals surface area contributed by atoms with E-state index in [-0.39, 0.29) is 0 Å². The Bertz CT molecular complexity index is 548. The van der Waals surface area contributed by atoms with Gasteiger partial charge in [-0.2, -0.15) is 5.10 Å². The maximum absolute atomic E-state index is 10.9. The summed E-state index contributed by atoms with van der Waals surface area (Å²) in [4.78, 5) is 10.9. The van der Waals surface area contributed by atoms with E-state index in [0.29, 0.717) is 11.1 Å². The maximum atomic E-state index is 10.9. The van der Waals surface area contributed by atoms with Gasteiger partial charge in [0, 0.05) is 6.20 Å². The van der Waals surface area contributed by atoms with Gasteiger partial charge in [-0.15, -0.1) is 6.42 Å². The molecule has 0 aliphatic heterocycles. The quantitative estimate of drug-likeness (QED) is 0.654. The molecule has 0 fully saturated rings. The summed E-state index contributed by atoms with van der Waals surface area (Å²) in [7, 11) is 0. The lowest BCUT2D eigenvalue weighted by Gasteiger charge is -2.00. The molecule has 2 aromatic rings. The van der Waals surface area contributed by atoms with Crippen LogP contribution in [0.4, 0.5) is 0 Å². The first-order valence-corrected chi connectivity index (χ1v) is 3.96. The Labute approximate surface area is 80.3 Å². The van der Waals surface area contributed by atoms with Crippen LogP contribution in [-0.2, 0) is 0 Å². The number of carbonyl (C=O) groups excluding carboxylic acids is 1. The molecule has 2 aromatic heterocycles. The maximum Gasteiger partial charge on any atom is 0.250 e. The van der Waals surface area contributed by atoms with Gasteiger partial charge in [0.05, 0.1) is 22.8 Å². The molecule has 2 heterocycles. The summed E-state index contributed by atoms with van der Waals surface area (Å²) in [6.45, 7) is 0. The summed E-state index contributed by atoms with van der Waals surface area (Å²) in [5.41, 5.74) is 6.90. The number of fused-ring (bicyclic) bond motifs is 1. The molecule has 0 atom stereocenters. The van der Waals surface area contributed by atoms with Crippen molar-refractivity contribution < 1.29 is 4.79 Å². The minimum atomic E-state index is -0.515. The van der Waals surface area contributed by atoms with Crippen LogP contribution in [0.5, 0.6) is 0 Å². The number of hydrogen-bond acceptors (Lipinski definition) is 2. The number of nitrogens with two attached hydrogens (primary N) is 1. The van der Waals surface area contributed by atoms with Gasteiger partial charge in [-0.3, -0.25) is 4.79 Å². The second kappa shape index (κ2) is 2.89. The highest BCUT2D eigenvalue weighted by molar-refractivity contribution is 5.93. The van der Waals surface area contributed by atoms with Crippen LogP contribution in [0.3, 0.4) is 0 Å². The molecule has 68 valence electrons. The fraction of sp³-hybridized carbons (Fsp3) is 0. The lowest BCUT2D eigenvalue weighted by Crippen LogP contribution is -2.12. The Hall–Kier alpha value is -2.28. The molecule has 0 bridgehead atoms. The van der Waals surface area contributed by atoms with Gasteiger partial charge in [0.25, 0.3) is 0 Å². The zero-order valence-corrected chi connectivity index (χ0v) is 7.27. The van der Waals surface area contributed by atoms with E-state index in [1.165, 1.54) is 4.52 Å². The van der Waals surface area contributed by atoms with Crippen LogP contribution >= 0.6 is 0 Å². The molecule has 0 unspecified atom stereocenters. The summed E-state index contributed by atoms with van der Waals surface area (Å²) in [6.07, 6.45) is 8.47. The van der Waals surface area contributed by atoms with Crippen LogP contribution in [-0.4, -0.2) is 15.5 Å². The number of pyridine rings is 1. The fourth-order valence-electron chi connectivity index (χ4n) is 1.28. The Morgan fingerprint density at radius 1 is 1.64 bits per heavy atom. The number of aromatic nitrogens is 2. The van der Waals surface area contributed by atoms with E-state index in [9.17, 15) is 4.79 Å². The summed E-state index contributed by atoms with van der Waals surface area (Å²) in [6, 6.07) is 3.36. The summed E-state index contributed by atoms with van der Waals surface area (Å²) < 4.78 is 1.54. The third kappa shape index (κ3) is 1.12. The van der Waals surface area contributed by atoms with E-state index >= 15 is 0 Å². The first-order chi connectivity index (χ1) is 6.72. The van der Waals surface area contributed by atoms with Gasteiger partial charge in [-0.05, 0) is 12.1 Å². The molecule has 2 rings (SSSR count). The second-order valence-electron chi connectivity index (χ2n) is 2.81. The average Bonchev–Trinajstić information content (AvgIpc) is 2.63. The summed E-state index contributed by atoms with van der Waals surface area (Å²) >= 11 is 0. The number of amides is 1. The molecular formula is C10H7N3O. The van der Waals surface area contributed by atoms with Crippen molar-refractivity contribution in [3.63, 3.8) is 0 Å². The second-order valence-corrected chi connectivity index (χ2v) is 2.81. The topological polar surface area (TPSA) is 60.4 Å². The third-order valence-corrected chi connectivity index (χ3v) is 1.95. The normalized spacial score (nSPS) is 9.93. The van der Waals surface area contributed by atoms with E-state index in [2.05, 4.69) is 11.0 Å². The predicted octanol–water partition coefficient (Wildman–Crippen LogP) is 0.414. The van der Waals surface area contributed by atoms with E-state index in [1.54, 1.807) is 24.5 Å². The molecule has 0 saturated heterocycles. The van der Waals surface area contributed by atoms with Crippen molar-refractivity contribution in [2.75, 3.05) is 0 Å². The Morgan fingerprint density at radius 2 is 2.43 bits per heavy atom. The fourth-order valence-corrected chi connectivity index (χ4v) is 1.28. The number of rotatable bonds is 1. The van der Waals surface area contributed by atoms with E-state index in [1.807, 2.05) is 0 Å². The lowest BCUT2D eigenvalue weighted by molar-refractivity contribution is 0.0999. The van der Waals surface area contributed by atoms with Gasteiger partial charge < -0.3 is 5.73 Å². The van der Waals surface area contributed by atoms with Crippen molar-refractivity contribution in [3.05, 3.63) is 35.7 Å². The molecule has 0 aromatic carbocycles. The SMILES string of the molecule is C#Cc1cc(C(N)=O)cn2nccc12. The predicted molar refractivity (Wildman–Crippen MR) is 51.6 cm³/mol. The van der Waals surface area contributed by atoms with Gasteiger partial charge >= 0.3 is 0 Å². The highest BCUT2D eigenvalue weighted by atomic mass is 16.1. The Kier molecular flexibility index (Phi) is 1.72. The van der Waals surface area contributed by atoms with Crippen LogP contribution in [0.1, 0.15) is 15.9 Å². The van der Waals surface area contributed by atoms with Crippen molar-refractivity contribution in [2.45, 2.75) is 0 Å². The van der Waals surface area contributed by atoms with Crippen molar-refractivity contribution >= 4 is 11.4 Å². The monoisotopic (exact) mass is 185 g/mol. The standard InChI is InChI=1S/C10H7N3O/c1-2-7-5-8(10(11)14)6-13-9(7)3-4-12-13/h1,3-6H,(H2,11,14). The average molecular weight is 185 g/mol. The van der Waals surface area contributed by atoms with Gasteiger partial charge in [0.1, 0.15) is 0 Å².